The smallest absolute Gasteiger partial charge is 0.193 e. The molecule has 0 spiro atoms. The summed E-state index contributed by atoms with van der Waals surface area (Å²) in [7, 11) is 0. The molecule has 0 saturated heterocycles. The van der Waals surface area contributed by atoms with Crippen LogP contribution in [-0.2, 0) is 6.42 Å². The fourth-order valence-electron chi connectivity index (χ4n) is 2.00. The monoisotopic (exact) mass is 274 g/mol. The summed E-state index contributed by atoms with van der Waals surface area (Å²) in [6.45, 7) is 1.86. The van der Waals surface area contributed by atoms with Crippen molar-refractivity contribution in [3.63, 3.8) is 0 Å². The molecular formula is C12H14N6S. The number of imidazole rings is 1. The highest BCUT2D eigenvalue weighted by Gasteiger charge is 2.14. The minimum atomic E-state index is -0.0636. The average molecular weight is 274 g/mol. The van der Waals surface area contributed by atoms with Crippen LogP contribution in [0.15, 0.2) is 30.0 Å². The topological polar surface area (TPSA) is 81.1 Å². The summed E-state index contributed by atoms with van der Waals surface area (Å²) in [5, 5.41) is 2.01. The highest BCUT2D eigenvalue weighted by atomic mass is 32.1. The second-order valence-electron chi connectivity index (χ2n) is 4.28. The molecule has 0 fully saturated rings. The van der Waals surface area contributed by atoms with Crippen LogP contribution in [-0.4, -0.2) is 19.4 Å². The summed E-state index contributed by atoms with van der Waals surface area (Å²) in [5.41, 5.74) is 4.67. The standard InChI is InChI=1S/C12H14N6S/c1-8-14-3-2-10(15-8)11(17-13)6-9-7-18-4-5-19-12(18)16-9/h2-5,7,11,17H,6,13H2,1H3. The minimum Gasteiger partial charge on any atom is -0.297 e. The van der Waals surface area contributed by atoms with Gasteiger partial charge in [-0.15, -0.1) is 11.3 Å². The molecule has 3 aromatic rings. The van der Waals surface area contributed by atoms with Crippen molar-refractivity contribution in [3.8, 4) is 0 Å². The molecule has 0 aliphatic rings. The van der Waals surface area contributed by atoms with Gasteiger partial charge >= 0.3 is 0 Å². The normalized spacial score (nSPS) is 12.9. The van der Waals surface area contributed by atoms with Crippen LogP contribution in [0.5, 0.6) is 0 Å². The van der Waals surface area contributed by atoms with Crippen molar-refractivity contribution in [1.82, 2.24) is 24.8 Å². The van der Waals surface area contributed by atoms with Gasteiger partial charge in [0.1, 0.15) is 5.82 Å². The quantitative estimate of drug-likeness (QED) is 0.552. The molecule has 0 aliphatic heterocycles. The third-order valence-corrected chi connectivity index (χ3v) is 3.68. The lowest BCUT2D eigenvalue weighted by molar-refractivity contribution is 0.531. The van der Waals surface area contributed by atoms with E-state index in [4.69, 9.17) is 5.84 Å². The van der Waals surface area contributed by atoms with Crippen molar-refractivity contribution in [1.29, 1.82) is 0 Å². The predicted molar refractivity (Wildman–Crippen MR) is 73.6 cm³/mol. The summed E-state index contributed by atoms with van der Waals surface area (Å²) in [4.78, 5) is 14.0. The molecule has 7 heteroatoms. The SMILES string of the molecule is Cc1nccc(C(Cc2cn3ccsc3n2)NN)n1. The zero-order valence-corrected chi connectivity index (χ0v) is 11.3. The van der Waals surface area contributed by atoms with Gasteiger partial charge in [-0.2, -0.15) is 0 Å². The Morgan fingerprint density at radius 1 is 1.47 bits per heavy atom. The molecule has 6 nitrogen and oxygen atoms in total. The summed E-state index contributed by atoms with van der Waals surface area (Å²) in [6.07, 6.45) is 6.45. The first-order valence-corrected chi connectivity index (χ1v) is 6.81. The van der Waals surface area contributed by atoms with Gasteiger partial charge in [0.2, 0.25) is 0 Å². The fourth-order valence-corrected chi connectivity index (χ4v) is 2.72. The molecule has 3 rings (SSSR count). The van der Waals surface area contributed by atoms with Gasteiger partial charge in [0.05, 0.1) is 17.4 Å². The average Bonchev–Trinajstić information content (AvgIpc) is 2.96. The number of thiazole rings is 1. The lowest BCUT2D eigenvalue weighted by Gasteiger charge is -2.13. The number of nitrogens with one attached hydrogen (secondary N) is 1. The molecule has 0 radical (unpaired) electrons. The highest BCUT2D eigenvalue weighted by Crippen LogP contribution is 2.17. The number of hydrazine groups is 1. The third kappa shape index (κ3) is 2.48. The zero-order chi connectivity index (χ0) is 13.2. The first kappa shape index (κ1) is 12.2. The molecule has 0 amide bonds. The summed E-state index contributed by atoms with van der Waals surface area (Å²) in [5.74, 6) is 6.37. The Balaban J connectivity index is 1.85. The van der Waals surface area contributed by atoms with Gasteiger partial charge < -0.3 is 0 Å². The van der Waals surface area contributed by atoms with Gasteiger partial charge in [-0.3, -0.25) is 15.7 Å². The van der Waals surface area contributed by atoms with E-state index in [9.17, 15) is 0 Å². The molecule has 0 bridgehead atoms. The van der Waals surface area contributed by atoms with E-state index in [2.05, 4.69) is 20.4 Å². The van der Waals surface area contributed by atoms with Crippen LogP contribution in [0.4, 0.5) is 0 Å². The van der Waals surface area contributed by atoms with Gasteiger partial charge in [0.25, 0.3) is 0 Å². The maximum absolute atomic E-state index is 5.63. The molecule has 98 valence electrons. The van der Waals surface area contributed by atoms with Crippen molar-refractivity contribution >= 4 is 16.3 Å². The van der Waals surface area contributed by atoms with E-state index in [1.165, 1.54) is 0 Å². The van der Waals surface area contributed by atoms with Gasteiger partial charge in [0.15, 0.2) is 4.96 Å². The van der Waals surface area contributed by atoms with E-state index in [0.717, 1.165) is 22.2 Å². The van der Waals surface area contributed by atoms with E-state index >= 15 is 0 Å². The van der Waals surface area contributed by atoms with Crippen LogP contribution in [0, 0.1) is 6.92 Å². The molecule has 3 aromatic heterocycles. The van der Waals surface area contributed by atoms with Crippen molar-refractivity contribution in [2.24, 2.45) is 5.84 Å². The van der Waals surface area contributed by atoms with Gasteiger partial charge in [0, 0.05) is 30.4 Å². The lowest BCUT2D eigenvalue weighted by Crippen LogP contribution is -2.30. The third-order valence-electron chi connectivity index (χ3n) is 2.91. The number of nitrogens with zero attached hydrogens (tertiary/aromatic N) is 4. The largest absolute Gasteiger partial charge is 0.297 e. The molecule has 1 unspecified atom stereocenters. The zero-order valence-electron chi connectivity index (χ0n) is 10.4. The Morgan fingerprint density at radius 3 is 3.11 bits per heavy atom. The number of fused-ring (bicyclic) bond motifs is 1. The van der Waals surface area contributed by atoms with Crippen LogP contribution in [0.2, 0.25) is 0 Å². The van der Waals surface area contributed by atoms with Crippen LogP contribution in [0.3, 0.4) is 0 Å². The molecule has 0 aromatic carbocycles. The Hall–Kier alpha value is -1.83. The maximum atomic E-state index is 5.63. The molecular weight excluding hydrogens is 260 g/mol. The first-order valence-electron chi connectivity index (χ1n) is 5.93. The Morgan fingerprint density at radius 2 is 2.37 bits per heavy atom. The first-order chi connectivity index (χ1) is 9.26. The number of aryl methyl sites for hydroxylation is 1. The Bertz CT molecular complexity index is 660. The van der Waals surface area contributed by atoms with Crippen LogP contribution in [0.25, 0.3) is 4.96 Å². The van der Waals surface area contributed by atoms with Crippen molar-refractivity contribution < 1.29 is 0 Å². The molecule has 3 N–H and O–H groups in total. The number of hydrogen-bond donors (Lipinski definition) is 2. The predicted octanol–water partition coefficient (Wildman–Crippen LogP) is 1.24. The summed E-state index contributed by atoms with van der Waals surface area (Å²) < 4.78 is 2.01. The van der Waals surface area contributed by atoms with E-state index in [1.807, 2.05) is 35.2 Å². The minimum absolute atomic E-state index is 0.0636. The number of hydrogen-bond acceptors (Lipinski definition) is 6. The van der Waals surface area contributed by atoms with E-state index in [0.29, 0.717) is 6.42 Å². The number of rotatable bonds is 4. The van der Waals surface area contributed by atoms with Crippen LogP contribution >= 0.6 is 11.3 Å². The highest BCUT2D eigenvalue weighted by molar-refractivity contribution is 7.15. The summed E-state index contributed by atoms with van der Waals surface area (Å²) in [6, 6.07) is 1.81. The molecule has 19 heavy (non-hydrogen) atoms. The molecule has 0 saturated carbocycles. The van der Waals surface area contributed by atoms with E-state index in [1.54, 1.807) is 17.5 Å². The summed E-state index contributed by atoms with van der Waals surface area (Å²) >= 11 is 1.62. The van der Waals surface area contributed by atoms with Gasteiger partial charge in [-0.1, -0.05) is 0 Å². The lowest BCUT2D eigenvalue weighted by atomic mass is 10.1. The number of aromatic nitrogens is 4. The second-order valence-corrected chi connectivity index (χ2v) is 5.15. The van der Waals surface area contributed by atoms with Crippen molar-refractivity contribution in [3.05, 3.63) is 47.2 Å². The molecule has 0 aliphatic carbocycles. The Kier molecular flexibility index (Phi) is 3.24. The van der Waals surface area contributed by atoms with Crippen LogP contribution < -0.4 is 11.3 Å². The van der Waals surface area contributed by atoms with Gasteiger partial charge in [-0.05, 0) is 13.0 Å². The fraction of sp³-hybridized carbons (Fsp3) is 0.250. The maximum Gasteiger partial charge on any atom is 0.193 e. The van der Waals surface area contributed by atoms with Gasteiger partial charge in [-0.25, -0.2) is 15.0 Å². The van der Waals surface area contributed by atoms with Crippen molar-refractivity contribution in [2.45, 2.75) is 19.4 Å². The van der Waals surface area contributed by atoms with E-state index < -0.39 is 0 Å². The van der Waals surface area contributed by atoms with Crippen LogP contribution in [0.1, 0.15) is 23.3 Å². The number of nitrogens with two attached hydrogens (primary N) is 1. The molecule has 3 heterocycles. The van der Waals surface area contributed by atoms with Crippen molar-refractivity contribution in [2.75, 3.05) is 0 Å². The second kappa shape index (κ2) is 5.04. The molecule has 1 atom stereocenters. The van der Waals surface area contributed by atoms with E-state index in [-0.39, 0.29) is 6.04 Å². The Labute approximate surface area is 114 Å².